The molecule has 116 valence electrons. The number of rotatable bonds is 7. The largest absolute Gasteiger partial charge is 0.490 e. The molecule has 0 heterocycles. The van der Waals surface area contributed by atoms with E-state index < -0.39 is 17.6 Å². The molecule has 0 fully saturated rings. The number of amides is 1. The molecular formula is C17H20N2O3. The van der Waals surface area contributed by atoms with Crippen molar-refractivity contribution in [2.45, 2.75) is 26.4 Å². The normalized spacial score (nSPS) is 13.2. The minimum atomic E-state index is -1.33. The van der Waals surface area contributed by atoms with Crippen molar-refractivity contribution in [2.75, 3.05) is 7.05 Å². The maximum absolute atomic E-state index is 11.9. The van der Waals surface area contributed by atoms with Crippen LogP contribution in [0.4, 0.5) is 0 Å². The second-order valence-electron chi connectivity index (χ2n) is 4.79. The van der Waals surface area contributed by atoms with Gasteiger partial charge in [-0.25, -0.2) is 0 Å². The van der Waals surface area contributed by atoms with Gasteiger partial charge in [-0.15, -0.1) is 0 Å². The van der Waals surface area contributed by atoms with Crippen LogP contribution in [-0.4, -0.2) is 24.8 Å². The van der Waals surface area contributed by atoms with Crippen molar-refractivity contribution in [2.24, 2.45) is 5.92 Å². The quantitative estimate of drug-likeness (QED) is 0.619. The summed E-state index contributed by atoms with van der Waals surface area (Å²) in [6.45, 7) is 3.98. The molecule has 2 atom stereocenters. The molecule has 0 saturated heterocycles. The van der Waals surface area contributed by atoms with E-state index in [4.69, 9.17) is 10.00 Å². The zero-order chi connectivity index (χ0) is 16.5. The summed E-state index contributed by atoms with van der Waals surface area (Å²) in [4.78, 5) is 23.4. The Morgan fingerprint density at radius 3 is 2.68 bits per heavy atom. The van der Waals surface area contributed by atoms with Crippen LogP contribution in [0.15, 0.2) is 30.3 Å². The molecule has 5 heteroatoms. The van der Waals surface area contributed by atoms with E-state index in [-0.39, 0.29) is 6.10 Å². The third-order valence-corrected chi connectivity index (χ3v) is 3.17. The number of carbonyl (C=O) groups is 2. The second kappa shape index (κ2) is 8.63. The highest BCUT2D eigenvalue weighted by molar-refractivity contribution is 6.10. The Bertz CT molecular complexity index is 602. The van der Waals surface area contributed by atoms with Gasteiger partial charge in [0.2, 0.25) is 5.91 Å². The Morgan fingerprint density at radius 2 is 2.09 bits per heavy atom. The summed E-state index contributed by atoms with van der Waals surface area (Å²) in [5.41, 5.74) is 0.727. The van der Waals surface area contributed by atoms with Crippen LogP contribution in [-0.2, 0) is 9.59 Å². The van der Waals surface area contributed by atoms with Gasteiger partial charge in [0, 0.05) is 12.6 Å². The van der Waals surface area contributed by atoms with E-state index in [9.17, 15) is 9.59 Å². The number of nitrogens with one attached hydrogen (secondary N) is 1. The van der Waals surface area contributed by atoms with Crippen LogP contribution in [0.5, 0.6) is 5.75 Å². The molecule has 1 N–H and O–H groups in total. The number of benzene rings is 1. The SMILES string of the molecule is CC[C@H](C)Oc1ccccc1/C=C/C(=O)[C@H](C#N)C(=O)NC. The maximum atomic E-state index is 11.9. The van der Waals surface area contributed by atoms with Crippen LogP contribution < -0.4 is 10.1 Å². The Hall–Kier alpha value is -2.61. The molecule has 22 heavy (non-hydrogen) atoms. The van der Waals surface area contributed by atoms with E-state index in [1.165, 1.54) is 13.1 Å². The molecule has 0 aromatic heterocycles. The van der Waals surface area contributed by atoms with E-state index in [1.54, 1.807) is 12.1 Å². The highest BCUT2D eigenvalue weighted by atomic mass is 16.5. The standard InChI is InChI=1S/C17H20N2O3/c1-4-12(2)22-16-8-6-5-7-13(16)9-10-15(20)14(11-18)17(21)19-3/h5-10,12,14H,4H2,1-3H3,(H,19,21)/b10-9+/t12-,14-/m0/s1. The molecule has 0 aliphatic rings. The summed E-state index contributed by atoms with van der Waals surface area (Å²) in [6, 6.07) is 9.00. The Balaban J connectivity index is 2.92. The topological polar surface area (TPSA) is 79.2 Å². The lowest BCUT2D eigenvalue weighted by Gasteiger charge is -2.14. The summed E-state index contributed by atoms with van der Waals surface area (Å²) >= 11 is 0. The molecule has 1 aromatic carbocycles. The molecule has 0 saturated carbocycles. The lowest BCUT2D eigenvalue weighted by Crippen LogP contribution is -2.31. The van der Waals surface area contributed by atoms with E-state index >= 15 is 0 Å². The lowest BCUT2D eigenvalue weighted by molar-refractivity contribution is -0.129. The van der Waals surface area contributed by atoms with Gasteiger partial charge in [0.05, 0.1) is 12.2 Å². The number of para-hydroxylation sites is 1. The summed E-state index contributed by atoms with van der Waals surface area (Å²) < 4.78 is 5.78. The molecule has 1 aromatic rings. The van der Waals surface area contributed by atoms with Crippen molar-refractivity contribution in [3.8, 4) is 11.8 Å². The van der Waals surface area contributed by atoms with Crippen molar-refractivity contribution in [1.82, 2.24) is 5.32 Å². The molecule has 0 aliphatic carbocycles. The number of ketones is 1. The fraction of sp³-hybridized carbons (Fsp3) is 0.353. The number of allylic oxidation sites excluding steroid dienone is 1. The summed E-state index contributed by atoms with van der Waals surface area (Å²) in [7, 11) is 1.39. The average Bonchev–Trinajstić information content (AvgIpc) is 2.54. The third-order valence-electron chi connectivity index (χ3n) is 3.17. The van der Waals surface area contributed by atoms with Gasteiger partial charge in [-0.1, -0.05) is 25.1 Å². The smallest absolute Gasteiger partial charge is 0.245 e. The van der Waals surface area contributed by atoms with Crippen molar-refractivity contribution >= 4 is 17.8 Å². The van der Waals surface area contributed by atoms with Crippen LogP contribution >= 0.6 is 0 Å². The first kappa shape index (κ1) is 17.4. The van der Waals surface area contributed by atoms with Gasteiger partial charge in [0.1, 0.15) is 5.75 Å². The lowest BCUT2D eigenvalue weighted by atomic mass is 10.0. The summed E-state index contributed by atoms with van der Waals surface area (Å²) in [5.74, 6) is -1.83. The summed E-state index contributed by atoms with van der Waals surface area (Å²) in [5, 5.41) is 11.2. The zero-order valence-electron chi connectivity index (χ0n) is 13.0. The molecule has 0 aliphatic heterocycles. The monoisotopic (exact) mass is 300 g/mol. The first-order valence-corrected chi connectivity index (χ1v) is 7.12. The van der Waals surface area contributed by atoms with Crippen LogP contribution in [0.25, 0.3) is 6.08 Å². The van der Waals surface area contributed by atoms with Gasteiger partial charge in [-0.3, -0.25) is 9.59 Å². The number of nitriles is 1. The molecule has 0 unspecified atom stereocenters. The number of carbonyl (C=O) groups excluding carboxylic acids is 2. The number of hydrogen-bond donors (Lipinski definition) is 1. The zero-order valence-corrected chi connectivity index (χ0v) is 13.0. The van der Waals surface area contributed by atoms with Gasteiger partial charge < -0.3 is 10.1 Å². The van der Waals surface area contributed by atoms with Gasteiger partial charge in [0.15, 0.2) is 11.7 Å². The molecule has 0 spiro atoms. The fourth-order valence-electron chi connectivity index (χ4n) is 1.69. The van der Waals surface area contributed by atoms with Crippen molar-refractivity contribution in [1.29, 1.82) is 5.26 Å². The molecule has 1 amide bonds. The molecule has 0 radical (unpaired) electrons. The number of nitrogens with zero attached hydrogens (tertiary/aromatic N) is 1. The van der Waals surface area contributed by atoms with Crippen LogP contribution in [0.2, 0.25) is 0 Å². The van der Waals surface area contributed by atoms with Crippen molar-refractivity contribution < 1.29 is 14.3 Å². The van der Waals surface area contributed by atoms with Gasteiger partial charge in [-0.2, -0.15) is 5.26 Å². The van der Waals surface area contributed by atoms with Crippen molar-refractivity contribution in [3.05, 3.63) is 35.9 Å². The Kier molecular flexibility index (Phi) is 6.84. The number of ether oxygens (including phenoxy) is 1. The summed E-state index contributed by atoms with van der Waals surface area (Å²) in [6.07, 6.45) is 3.72. The first-order valence-electron chi connectivity index (χ1n) is 7.12. The minimum absolute atomic E-state index is 0.0583. The van der Waals surface area contributed by atoms with Crippen LogP contribution in [0.1, 0.15) is 25.8 Å². The number of hydrogen-bond acceptors (Lipinski definition) is 4. The van der Waals surface area contributed by atoms with Crippen molar-refractivity contribution in [3.63, 3.8) is 0 Å². The van der Waals surface area contributed by atoms with Gasteiger partial charge in [-0.05, 0) is 31.6 Å². The molecule has 5 nitrogen and oxygen atoms in total. The predicted octanol–water partition coefficient (Wildman–Crippen LogP) is 2.33. The molecule has 1 rings (SSSR count). The first-order chi connectivity index (χ1) is 10.5. The predicted molar refractivity (Wildman–Crippen MR) is 84.0 cm³/mol. The van der Waals surface area contributed by atoms with E-state index in [2.05, 4.69) is 5.32 Å². The molecular weight excluding hydrogens is 280 g/mol. The van der Waals surface area contributed by atoms with E-state index in [0.29, 0.717) is 5.75 Å². The minimum Gasteiger partial charge on any atom is -0.490 e. The van der Waals surface area contributed by atoms with Gasteiger partial charge in [0.25, 0.3) is 0 Å². The average molecular weight is 300 g/mol. The second-order valence-corrected chi connectivity index (χ2v) is 4.79. The molecule has 0 bridgehead atoms. The third kappa shape index (κ3) is 4.74. The van der Waals surface area contributed by atoms with Crippen LogP contribution in [0, 0.1) is 17.2 Å². The highest BCUT2D eigenvalue weighted by Gasteiger charge is 2.23. The van der Waals surface area contributed by atoms with E-state index in [1.807, 2.05) is 38.1 Å². The highest BCUT2D eigenvalue weighted by Crippen LogP contribution is 2.21. The van der Waals surface area contributed by atoms with E-state index in [0.717, 1.165) is 12.0 Å². The fourth-order valence-corrected chi connectivity index (χ4v) is 1.69. The maximum Gasteiger partial charge on any atom is 0.245 e. The Labute approximate surface area is 130 Å². The Morgan fingerprint density at radius 1 is 1.41 bits per heavy atom. The van der Waals surface area contributed by atoms with Crippen LogP contribution in [0.3, 0.4) is 0 Å². The van der Waals surface area contributed by atoms with Gasteiger partial charge >= 0.3 is 0 Å².